The number of amides is 2. The van der Waals surface area contributed by atoms with Gasteiger partial charge < -0.3 is 5.32 Å². The van der Waals surface area contributed by atoms with Crippen molar-refractivity contribution in [2.75, 3.05) is 5.32 Å². The van der Waals surface area contributed by atoms with Crippen LogP contribution in [0.4, 0.5) is 5.69 Å². The number of benzene rings is 1. The number of rotatable bonds is 4. The van der Waals surface area contributed by atoms with Gasteiger partial charge in [0.2, 0.25) is 5.91 Å². The molecule has 0 atom stereocenters. The molecule has 1 heterocycles. The molecule has 0 bridgehead atoms. The summed E-state index contributed by atoms with van der Waals surface area (Å²) < 4.78 is 0. The van der Waals surface area contributed by atoms with Gasteiger partial charge in [0, 0.05) is 17.5 Å². The minimum Gasteiger partial charge on any atom is -0.326 e. The van der Waals surface area contributed by atoms with E-state index in [0.717, 1.165) is 18.4 Å². The van der Waals surface area contributed by atoms with Crippen molar-refractivity contribution in [1.29, 1.82) is 0 Å². The highest BCUT2D eigenvalue weighted by molar-refractivity contribution is 7.14. The average molecular weight is 341 g/mol. The summed E-state index contributed by atoms with van der Waals surface area (Å²) in [4.78, 5) is 25.4. The molecule has 0 fully saturated rings. The van der Waals surface area contributed by atoms with Crippen molar-refractivity contribution >= 4 is 34.6 Å². The Morgan fingerprint density at radius 1 is 1.17 bits per heavy atom. The van der Waals surface area contributed by atoms with E-state index in [1.165, 1.54) is 23.8 Å². The number of hydrogen-bond acceptors (Lipinski definition) is 4. The fourth-order valence-electron chi connectivity index (χ4n) is 2.72. The lowest BCUT2D eigenvalue weighted by Crippen LogP contribution is -2.18. The molecule has 2 N–H and O–H groups in total. The maximum Gasteiger partial charge on any atom is 0.281 e. The molecule has 124 valence electrons. The summed E-state index contributed by atoms with van der Waals surface area (Å²) in [6, 6.07) is 9.34. The van der Waals surface area contributed by atoms with E-state index in [4.69, 9.17) is 0 Å². The van der Waals surface area contributed by atoms with Gasteiger partial charge in [0.15, 0.2) is 0 Å². The highest BCUT2D eigenvalue weighted by Gasteiger charge is 2.18. The lowest BCUT2D eigenvalue weighted by Gasteiger charge is -2.06. The molecule has 2 amide bonds. The summed E-state index contributed by atoms with van der Waals surface area (Å²) in [6.45, 7) is 3.29. The van der Waals surface area contributed by atoms with Crippen molar-refractivity contribution < 1.29 is 9.59 Å². The highest BCUT2D eigenvalue weighted by atomic mass is 32.1. The number of hydrogen-bond donors (Lipinski definition) is 2. The van der Waals surface area contributed by atoms with Crippen molar-refractivity contribution in [2.24, 2.45) is 5.10 Å². The van der Waals surface area contributed by atoms with Crippen LogP contribution in [0, 0.1) is 0 Å². The minimum absolute atomic E-state index is 0.124. The Hall–Kier alpha value is -2.47. The number of carbonyl (C=O) groups excluding carboxylic acids is 2. The van der Waals surface area contributed by atoms with Crippen LogP contribution in [0.25, 0.3) is 0 Å². The number of carbonyl (C=O) groups is 2. The Morgan fingerprint density at radius 2 is 2.00 bits per heavy atom. The van der Waals surface area contributed by atoms with Gasteiger partial charge in [0.1, 0.15) is 0 Å². The van der Waals surface area contributed by atoms with Gasteiger partial charge in [-0.2, -0.15) is 5.10 Å². The normalized spacial score (nSPS) is 13.5. The number of nitrogens with one attached hydrogen (secondary N) is 2. The quantitative estimate of drug-likeness (QED) is 0.661. The first-order chi connectivity index (χ1) is 11.5. The summed E-state index contributed by atoms with van der Waals surface area (Å²) >= 11 is 1.56. The number of nitrogens with zero attached hydrogens (tertiary/aromatic N) is 1. The second-order valence-corrected chi connectivity index (χ2v) is 6.95. The van der Waals surface area contributed by atoms with Gasteiger partial charge >= 0.3 is 0 Å². The molecule has 3 rings (SSSR count). The predicted octanol–water partition coefficient (Wildman–Crippen LogP) is 3.35. The van der Waals surface area contributed by atoms with Crippen LogP contribution in [0.15, 0.2) is 35.4 Å². The van der Waals surface area contributed by atoms with Crippen LogP contribution in [0.5, 0.6) is 0 Å². The van der Waals surface area contributed by atoms with Gasteiger partial charge in [0.25, 0.3) is 5.91 Å². The topological polar surface area (TPSA) is 70.6 Å². The third kappa shape index (κ3) is 3.71. The fraction of sp³-hybridized carbons (Fsp3) is 0.278. The van der Waals surface area contributed by atoms with E-state index in [-0.39, 0.29) is 11.8 Å². The Balaban J connectivity index is 1.69. The maximum atomic E-state index is 12.2. The lowest BCUT2D eigenvalue weighted by molar-refractivity contribution is -0.114. The predicted molar refractivity (Wildman–Crippen MR) is 96.8 cm³/mol. The summed E-state index contributed by atoms with van der Waals surface area (Å²) in [5.41, 5.74) is 6.15. The van der Waals surface area contributed by atoms with E-state index < -0.39 is 0 Å². The van der Waals surface area contributed by atoms with Gasteiger partial charge in [-0.05, 0) is 55.5 Å². The Bertz CT molecular complexity index is 802. The zero-order valence-electron chi connectivity index (χ0n) is 13.7. The van der Waals surface area contributed by atoms with Crippen LogP contribution in [0.2, 0.25) is 0 Å². The van der Waals surface area contributed by atoms with Gasteiger partial charge in [-0.25, -0.2) is 5.43 Å². The molecule has 0 unspecified atom stereocenters. The summed E-state index contributed by atoms with van der Waals surface area (Å²) in [5.74, 6) is -0.299. The Morgan fingerprint density at radius 3 is 2.75 bits per heavy atom. The molecule has 0 spiro atoms. The van der Waals surface area contributed by atoms with Gasteiger partial charge in [0.05, 0.1) is 10.6 Å². The molecule has 6 heteroatoms. The SMILES string of the molecule is CC(=O)Nc1cccc(/C(C)=N\NC(=O)c2cc3c(s2)CCC3)c1. The number of anilines is 1. The largest absolute Gasteiger partial charge is 0.326 e. The zero-order chi connectivity index (χ0) is 17.1. The van der Waals surface area contributed by atoms with Crippen molar-refractivity contribution in [2.45, 2.75) is 33.1 Å². The third-order valence-electron chi connectivity index (χ3n) is 3.90. The molecule has 1 aliphatic carbocycles. The van der Waals surface area contributed by atoms with Crippen LogP contribution in [-0.4, -0.2) is 17.5 Å². The second kappa shape index (κ2) is 6.97. The second-order valence-electron chi connectivity index (χ2n) is 5.81. The number of fused-ring (bicyclic) bond motifs is 1. The number of hydrazone groups is 1. The molecule has 1 aliphatic rings. The summed E-state index contributed by atoms with van der Waals surface area (Å²) in [6.07, 6.45) is 3.33. The summed E-state index contributed by atoms with van der Waals surface area (Å²) in [7, 11) is 0. The number of thiophene rings is 1. The van der Waals surface area contributed by atoms with Gasteiger partial charge in [-0.3, -0.25) is 9.59 Å². The molecule has 5 nitrogen and oxygen atoms in total. The van der Waals surface area contributed by atoms with Crippen LogP contribution >= 0.6 is 11.3 Å². The zero-order valence-corrected chi connectivity index (χ0v) is 14.5. The first-order valence-electron chi connectivity index (χ1n) is 7.87. The lowest BCUT2D eigenvalue weighted by atomic mass is 10.1. The first kappa shape index (κ1) is 16.4. The molecule has 0 saturated heterocycles. The van der Waals surface area contributed by atoms with Crippen molar-refractivity contribution in [1.82, 2.24) is 5.43 Å². The van der Waals surface area contributed by atoms with E-state index in [9.17, 15) is 9.59 Å². The molecule has 0 saturated carbocycles. The molecule has 24 heavy (non-hydrogen) atoms. The van der Waals surface area contributed by atoms with Crippen molar-refractivity contribution in [3.05, 3.63) is 51.2 Å². The molecule has 1 aromatic carbocycles. The van der Waals surface area contributed by atoms with E-state index in [0.29, 0.717) is 16.3 Å². The fourth-order valence-corrected chi connectivity index (χ4v) is 3.86. The van der Waals surface area contributed by atoms with E-state index in [1.807, 2.05) is 37.3 Å². The van der Waals surface area contributed by atoms with Crippen molar-refractivity contribution in [3.8, 4) is 0 Å². The maximum absolute atomic E-state index is 12.2. The highest BCUT2D eigenvalue weighted by Crippen LogP contribution is 2.30. The molecule has 0 radical (unpaired) electrons. The third-order valence-corrected chi connectivity index (χ3v) is 5.13. The average Bonchev–Trinajstić information content (AvgIpc) is 3.13. The minimum atomic E-state index is -0.174. The van der Waals surface area contributed by atoms with Crippen LogP contribution < -0.4 is 10.7 Å². The standard InChI is InChI=1S/C18H19N3O2S/c1-11(13-5-3-7-15(9-13)19-12(2)22)20-21-18(23)17-10-14-6-4-8-16(14)24-17/h3,5,7,9-10H,4,6,8H2,1-2H3,(H,19,22)(H,21,23)/b20-11-. The van der Waals surface area contributed by atoms with Crippen LogP contribution in [-0.2, 0) is 17.6 Å². The molecular weight excluding hydrogens is 322 g/mol. The van der Waals surface area contributed by atoms with E-state index in [1.54, 1.807) is 11.3 Å². The molecule has 2 aromatic rings. The van der Waals surface area contributed by atoms with Crippen molar-refractivity contribution in [3.63, 3.8) is 0 Å². The van der Waals surface area contributed by atoms with E-state index >= 15 is 0 Å². The van der Waals surface area contributed by atoms with Crippen LogP contribution in [0.1, 0.15) is 45.9 Å². The molecule has 1 aromatic heterocycles. The molecular formula is C18H19N3O2S. The van der Waals surface area contributed by atoms with Gasteiger partial charge in [-0.15, -0.1) is 11.3 Å². The smallest absolute Gasteiger partial charge is 0.281 e. The summed E-state index contributed by atoms with van der Waals surface area (Å²) in [5, 5.41) is 6.92. The molecule has 0 aliphatic heterocycles. The van der Waals surface area contributed by atoms with Crippen LogP contribution in [0.3, 0.4) is 0 Å². The first-order valence-corrected chi connectivity index (χ1v) is 8.69. The number of aryl methyl sites for hydroxylation is 2. The Kier molecular flexibility index (Phi) is 4.76. The van der Waals surface area contributed by atoms with Gasteiger partial charge in [-0.1, -0.05) is 12.1 Å². The Labute approximate surface area is 144 Å². The van der Waals surface area contributed by atoms with E-state index in [2.05, 4.69) is 15.8 Å². The monoisotopic (exact) mass is 341 g/mol.